The lowest BCUT2D eigenvalue weighted by Gasteiger charge is -2.37. The van der Waals surface area contributed by atoms with Crippen molar-refractivity contribution in [1.29, 1.82) is 0 Å². The third-order valence-electron chi connectivity index (χ3n) is 5.36. The van der Waals surface area contributed by atoms with E-state index in [9.17, 15) is 9.90 Å². The molecule has 0 bridgehead atoms. The van der Waals surface area contributed by atoms with Gasteiger partial charge in [0.25, 0.3) is 5.91 Å². The number of rotatable bonds is 7. The number of hydrogen-bond acceptors (Lipinski definition) is 5. The molecule has 0 fully saturated rings. The molecular formula is C26H23N3O3. The van der Waals surface area contributed by atoms with E-state index in [0.29, 0.717) is 22.4 Å². The summed E-state index contributed by atoms with van der Waals surface area (Å²) >= 11 is 0. The fourth-order valence-electron chi connectivity index (χ4n) is 3.73. The number of carbonyl (C=O) groups is 1. The van der Waals surface area contributed by atoms with Gasteiger partial charge in [0.05, 0.1) is 13.2 Å². The Morgan fingerprint density at radius 1 is 0.906 bits per heavy atom. The summed E-state index contributed by atoms with van der Waals surface area (Å²) in [6, 6.07) is 22.5. The van der Waals surface area contributed by atoms with Crippen LogP contribution in [-0.4, -0.2) is 28.1 Å². The van der Waals surface area contributed by atoms with E-state index in [1.807, 2.05) is 30.3 Å². The molecule has 4 aromatic rings. The lowest BCUT2D eigenvalue weighted by Crippen LogP contribution is -2.45. The SMILES string of the molecule is COc1cccc(C(=O)NC(c2ccccc2)C(O)(c2cccnc2)c2cccnc2)c1. The number of pyridine rings is 2. The largest absolute Gasteiger partial charge is 0.497 e. The van der Waals surface area contributed by atoms with Crippen molar-refractivity contribution in [2.24, 2.45) is 0 Å². The second-order valence-electron chi connectivity index (χ2n) is 7.30. The van der Waals surface area contributed by atoms with Gasteiger partial charge in [0.1, 0.15) is 11.4 Å². The molecule has 6 nitrogen and oxygen atoms in total. The number of ether oxygens (including phenoxy) is 1. The second kappa shape index (κ2) is 9.41. The van der Waals surface area contributed by atoms with Crippen LogP contribution in [-0.2, 0) is 5.60 Å². The highest BCUT2D eigenvalue weighted by Gasteiger charge is 2.43. The Hall–Kier alpha value is -4.03. The molecule has 1 unspecified atom stereocenters. The van der Waals surface area contributed by atoms with E-state index in [2.05, 4.69) is 15.3 Å². The molecule has 2 aromatic heterocycles. The molecule has 160 valence electrons. The van der Waals surface area contributed by atoms with Crippen LogP contribution in [0.15, 0.2) is 104 Å². The van der Waals surface area contributed by atoms with E-state index in [-0.39, 0.29) is 5.91 Å². The number of methoxy groups -OCH3 is 1. The summed E-state index contributed by atoms with van der Waals surface area (Å²) in [6.07, 6.45) is 6.47. The number of aromatic nitrogens is 2. The summed E-state index contributed by atoms with van der Waals surface area (Å²) in [6.45, 7) is 0. The Bertz CT molecular complexity index is 1130. The van der Waals surface area contributed by atoms with Gasteiger partial charge in [-0.3, -0.25) is 14.8 Å². The molecule has 0 saturated heterocycles. The van der Waals surface area contributed by atoms with Gasteiger partial charge >= 0.3 is 0 Å². The molecule has 4 rings (SSSR count). The van der Waals surface area contributed by atoms with Crippen LogP contribution in [0.4, 0.5) is 0 Å². The number of nitrogens with one attached hydrogen (secondary N) is 1. The monoisotopic (exact) mass is 425 g/mol. The molecule has 0 spiro atoms. The van der Waals surface area contributed by atoms with Crippen molar-refractivity contribution in [3.8, 4) is 5.75 Å². The second-order valence-corrected chi connectivity index (χ2v) is 7.30. The number of nitrogens with zero attached hydrogens (tertiary/aromatic N) is 2. The highest BCUT2D eigenvalue weighted by Crippen LogP contribution is 2.40. The van der Waals surface area contributed by atoms with Gasteiger partial charge in [-0.05, 0) is 35.9 Å². The summed E-state index contributed by atoms with van der Waals surface area (Å²) < 4.78 is 5.25. The van der Waals surface area contributed by atoms with Crippen LogP contribution in [0.1, 0.15) is 33.1 Å². The molecule has 2 aromatic carbocycles. The van der Waals surface area contributed by atoms with E-state index in [1.165, 1.54) is 0 Å². The van der Waals surface area contributed by atoms with Crippen molar-refractivity contribution in [1.82, 2.24) is 15.3 Å². The third-order valence-corrected chi connectivity index (χ3v) is 5.36. The Labute approximate surface area is 186 Å². The van der Waals surface area contributed by atoms with Crippen molar-refractivity contribution in [2.75, 3.05) is 7.11 Å². The predicted octanol–water partition coefficient (Wildman–Crippen LogP) is 3.89. The van der Waals surface area contributed by atoms with Gasteiger partial charge in [0, 0.05) is 41.5 Å². The topological polar surface area (TPSA) is 84.3 Å². The maximum atomic E-state index is 13.3. The highest BCUT2D eigenvalue weighted by molar-refractivity contribution is 5.95. The number of hydrogen-bond donors (Lipinski definition) is 2. The van der Waals surface area contributed by atoms with Crippen LogP contribution in [0.3, 0.4) is 0 Å². The van der Waals surface area contributed by atoms with Crippen molar-refractivity contribution in [2.45, 2.75) is 11.6 Å². The van der Waals surface area contributed by atoms with Crippen LogP contribution in [0.25, 0.3) is 0 Å². The van der Waals surface area contributed by atoms with Gasteiger partial charge in [-0.1, -0.05) is 48.5 Å². The summed E-state index contributed by atoms with van der Waals surface area (Å²) in [5, 5.41) is 15.3. The van der Waals surface area contributed by atoms with Gasteiger partial charge in [-0.25, -0.2) is 0 Å². The lowest BCUT2D eigenvalue weighted by atomic mass is 9.78. The minimum Gasteiger partial charge on any atom is -0.497 e. The first-order chi connectivity index (χ1) is 15.6. The summed E-state index contributed by atoms with van der Waals surface area (Å²) in [5.41, 5.74) is 0.600. The maximum Gasteiger partial charge on any atom is 0.252 e. The number of carbonyl (C=O) groups excluding carboxylic acids is 1. The van der Waals surface area contributed by atoms with E-state index in [0.717, 1.165) is 5.56 Å². The van der Waals surface area contributed by atoms with Gasteiger partial charge in [0.15, 0.2) is 0 Å². The Morgan fingerprint density at radius 3 is 2.12 bits per heavy atom. The maximum absolute atomic E-state index is 13.3. The fraction of sp³-hybridized carbons (Fsp3) is 0.115. The first-order valence-corrected chi connectivity index (χ1v) is 10.2. The predicted molar refractivity (Wildman–Crippen MR) is 121 cm³/mol. The molecule has 2 N–H and O–H groups in total. The van der Waals surface area contributed by atoms with E-state index < -0.39 is 11.6 Å². The zero-order valence-corrected chi connectivity index (χ0v) is 17.6. The summed E-state index contributed by atoms with van der Waals surface area (Å²) in [4.78, 5) is 21.7. The smallest absolute Gasteiger partial charge is 0.252 e. The van der Waals surface area contributed by atoms with E-state index >= 15 is 0 Å². The van der Waals surface area contributed by atoms with Crippen molar-refractivity contribution in [3.63, 3.8) is 0 Å². The van der Waals surface area contributed by atoms with Gasteiger partial charge < -0.3 is 15.2 Å². The van der Waals surface area contributed by atoms with Crippen LogP contribution in [0.5, 0.6) is 5.75 Å². The van der Waals surface area contributed by atoms with Crippen molar-refractivity contribution >= 4 is 5.91 Å². The molecule has 2 heterocycles. The standard InChI is InChI=1S/C26H23N3O3/c1-32-23-13-5-10-20(16-23)25(30)29-24(19-8-3-2-4-9-19)26(31,21-11-6-14-27-17-21)22-12-7-15-28-18-22/h2-18,24,31H,1H3,(H,29,30). The molecule has 1 atom stereocenters. The van der Waals surface area contributed by atoms with Crippen LogP contribution in [0.2, 0.25) is 0 Å². The van der Waals surface area contributed by atoms with E-state index in [4.69, 9.17) is 4.74 Å². The number of benzene rings is 2. The summed E-state index contributed by atoms with van der Waals surface area (Å²) in [7, 11) is 1.55. The molecule has 6 heteroatoms. The molecule has 0 aliphatic carbocycles. The number of amides is 1. The van der Waals surface area contributed by atoms with Gasteiger partial charge in [-0.2, -0.15) is 0 Å². The van der Waals surface area contributed by atoms with Crippen molar-refractivity contribution < 1.29 is 14.6 Å². The first kappa shape index (κ1) is 21.2. The first-order valence-electron chi connectivity index (χ1n) is 10.2. The van der Waals surface area contributed by atoms with E-state index in [1.54, 1.807) is 80.4 Å². The van der Waals surface area contributed by atoms with Gasteiger partial charge in [0.2, 0.25) is 0 Å². The zero-order chi connectivity index (χ0) is 22.4. The molecule has 1 amide bonds. The normalized spacial score (nSPS) is 12.1. The van der Waals surface area contributed by atoms with Crippen LogP contribution >= 0.6 is 0 Å². The quantitative estimate of drug-likeness (QED) is 0.469. The fourth-order valence-corrected chi connectivity index (χ4v) is 3.73. The minimum absolute atomic E-state index is 0.344. The average Bonchev–Trinajstić information content (AvgIpc) is 2.88. The molecule has 0 saturated carbocycles. The third kappa shape index (κ3) is 4.22. The van der Waals surface area contributed by atoms with Crippen LogP contribution < -0.4 is 10.1 Å². The average molecular weight is 425 g/mol. The summed E-state index contributed by atoms with van der Waals surface area (Å²) in [5.74, 6) is 0.229. The van der Waals surface area contributed by atoms with Gasteiger partial charge in [-0.15, -0.1) is 0 Å². The molecule has 0 radical (unpaired) electrons. The van der Waals surface area contributed by atoms with Crippen molar-refractivity contribution in [3.05, 3.63) is 126 Å². The Morgan fingerprint density at radius 2 is 1.56 bits per heavy atom. The molecular weight excluding hydrogens is 402 g/mol. The van der Waals surface area contributed by atoms with Crippen LogP contribution in [0, 0.1) is 0 Å². The zero-order valence-electron chi connectivity index (χ0n) is 17.6. The molecule has 32 heavy (non-hydrogen) atoms. The molecule has 0 aliphatic heterocycles. The lowest BCUT2D eigenvalue weighted by molar-refractivity contribution is 0.0332. The molecule has 0 aliphatic rings. The Balaban J connectivity index is 1.85. The minimum atomic E-state index is -1.63. The highest BCUT2D eigenvalue weighted by atomic mass is 16.5. The Kier molecular flexibility index (Phi) is 6.24. The number of aliphatic hydroxyl groups is 1.